The highest BCUT2D eigenvalue weighted by Crippen LogP contribution is 2.47. The summed E-state index contributed by atoms with van der Waals surface area (Å²) >= 11 is 0. The van der Waals surface area contributed by atoms with Crippen molar-refractivity contribution >= 4 is 0 Å². The predicted molar refractivity (Wildman–Crippen MR) is 78.2 cm³/mol. The second-order valence-corrected chi connectivity index (χ2v) is 6.41. The zero-order chi connectivity index (χ0) is 14.2. The maximum absolute atomic E-state index is 13.8. The van der Waals surface area contributed by atoms with E-state index in [1.165, 1.54) is 19.3 Å². The SMILES string of the molecule is CNC(c1ccc(C)c(F)c1)C1CCOC2(CCC2)C1. The number of nitrogens with one attached hydrogen (secondary N) is 1. The van der Waals surface area contributed by atoms with Crippen LogP contribution in [0.5, 0.6) is 0 Å². The van der Waals surface area contributed by atoms with Gasteiger partial charge in [-0.15, -0.1) is 0 Å². The highest BCUT2D eigenvalue weighted by molar-refractivity contribution is 5.26. The molecule has 1 aliphatic heterocycles. The van der Waals surface area contributed by atoms with Gasteiger partial charge in [-0.25, -0.2) is 4.39 Å². The number of aryl methyl sites for hydroxylation is 1. The van der Waals surface area contributed by atoms with Gasteiger partial charge < -0.3 is 10.1 Å². The van der Waals surface area contributed by atoms with Crippen molar-refractivity contribution in [2.45, 2.75) is 50.7 Å². The van der Waals surface area contributed by atoms with E-state index in [1.807, 2.05) is 20.0 Å². The van der Waals surface area contributed by atoms with Crippen molar-refractivity contribution < 1.29 is 9.13 Å². The lowest BCUT2D eigenvalue weighted by Crippen LogP contribution is -2.47. The Balaban J connectivity index is 1.79. The Morgan fingerprint density at radius 2 is 2.20 bits per heavy atom. The van der Waals surface area contributed by atoms with Gasteiger partial charge in [0, 0.05) is 12.6 Å². The van der Waals surface area contributed by atoms with Crippen molar-refractivity contribution in [3.05, 3.63) is 35.1 Å². The van der Waals surface area contributed by atoms with Crippen LogP contribution in [0.15, 0.2) is 18.2 Å². The maximum atomic E-state index is 13.8. The number of rotatable bonds is 3. The van der Waals surface area contributed by atoms with E-state index in [1.54, 1.807) is 6.07 Å². The van der Waals surface area contributed by atoms with E-state index >= 15 is 0 Å². The summed E-state index contributed by atoms with van der Waals surface area (Å²) in [7, 11) is 1.98. The van der Waals surface area contributed by atoms with E-state index in [0.29, 0.717) is 11.5 Å². The van der Waals surface area contributed by atoms with Crippen molar-refractivity contribution in [1.82, 2.24) is 5.32 Å². The van der Waals surface area contributed by atoms with Crippen LogP contribution in [0.25, 0.3) is 0 Å². The van der Waals surface area contributed by atoms with E-state index in [0.717, 1.165) is 25.0 Å². The van der Waals surface area contributed by atoms with Gasteiger partial charge in [0.25, 0.3) is 0 Å². The summed E-state index contributed by atoms with van der Waals surface area (Å²) in [5, 5.41) is 3.40. The highest BCUT2D eigenvalue weighted by Gasteiger charge is 2.44. The normalized spacial score (nSPS) is 26.2. The van der Waals surface area contributed by atoms with Gasteiger partial charge >= 0.3 is 0 Å². The Morgan fingerprint density at radius 1 is 1.40 bits per heavy atom. The van der Waals surface area contributed by atoms with E-state index < -0.39 is 0 Å². The lowest BCUT2D eigenvalue weighted by atomic mass is 9.69. The Hall–Kier alpha value is -0.930. The Labute approximate surface area is 120 Å². The molecule has 1 aromatic rings. The molecule has 20 heavy (non-hydrogen) atoms. The lowest BCUT2D eigenvalue weighted by Gasteiger charge is -2.48. The first-order valence-corrected chi connectivity index (χ1v) is 7.71. The lowest BCUT2D eigenvalue weighted by molar-refractivity contribution is -0.147. The van der Waals surface area contributed by atoms with E-state index in [4.69, 9.17) is 4.74 Å². The maximum Gasteiger partial charge on any atom is 0.126 e. The third-order valence-electron chi connectivity index (χ3n) is 5.13. The van der Waals surface area contributed by atoms with Gasteiger partial charge in [0.2, 0.25) is 0 Å². The number of hydrogen-bond donors (Lipinski definition) is 1. The Bertz CT molecular complexity index is 484. The van der Waals surface area contributed by atoms with Gasteiger partial charge in [-0.2, -0.15) is 0 Å². The van der Waals surface area contributed by atoms with Gasteiger partial charge in [-0.1, -0.05) is 12.1 Å². The van der Waals surface area contributed by atoms with Gasteiger partial charge in [-0.05, 0) is 69.2 Å². The Kier molecular flexibility index (Phi) is 3.83. The van der Waals surface area contributed by atoms with Gasteiger partial charge in [0.15, 0.2) is 0 Å². The minimum atomic E-state index is -0.104. The van der Waals surface area contributed by atoms with Crippen LogP contribution < -0.4 is 5.32 Å². The Morgan fingerprint density at radius 3 is 2.80 bits per heavy atom. The summed E-state index contributed by atoms with van der Waals surface area (Å²) in [6.07, 6.45) is 5.84. The predicted octanol–water partition coefficient (Wildman–Crippen LogP) is 3.74. The minimum Gasteiger partial charge on any atom is -0.375 e. The van der Waals surface area contributed by atoms with Gasteiger partial charge in [-0.3, -0.25) is 0 Å². The molecule has 3 heteroatoms. The number of halogens is 1. The van der Waals surface area contributed by atoms with Crippen LogP contribution in [0.3, 0.4) is 0 Å². The molecule has 1 spiro atoms. The number of hydrogen-bond acceptors (Lipinski definition) is 2. The fourth-order valence-corrected chi connectivity index (χ4v) is 3.75. The summed E-state index contributed by atoms with van der Waals surface area (Å²) in [6.45, 7) is 2.66. The highest BCUT2D eigenvalue weighted by atomic mass is 19.1. The fourth-order valence-electron chi connectivity index (χ4n) is 3.75. The van der Waals surface area contributed by atoms with E-state index in [-0.39, 0.29) is 17.5 Å². The zero-order valence-corrected chi connectivity index (χ0v) is 12.4. The molecule has 110 valence electrons. The quantitative estimate of drug-likeness (QED) is 0.908. The average molecular weight is 277 g/mol. The smallest absolute Gasteiger partial charge is 0.126 e. The van der Waals surface area contributed by atoms with Crippen LogP contribution in [0, 0.1) is 18.7 Å². The first-order valence-electron chi connectivity index (χ1n) is 7.71. The summed E-state index contributed by atoms with van der Waals surface area (Å²) in [4.78, 5) is 0. The number of benzene rings is 1. The van der Waals surface area contributed by atoms with Crippen LogP contribution in [0.2, 0.25) is 0 Å². The first-order chi connectivity index (χ1) is 9.63. The molecule has 1 saturated heterocycles. The first kappa shape index (κ1) is 14.0. The molecule has 0 bridgehead atoms. The van der Waals surface area contributed by atoms with Crippen LogP contribution in [-0.4, -0.2) is 19.3 Å². The summed E-state index contributed by atoms with van der Waals surface area (Å²) in [6, 6.07) is 5.86. The van der Waals surface area contributed by atoms with Gasteiger partial charge in [0.1, 0.15) is 5.82 Å². The third kappa shape index (κ3) is 2.49. The standard InChI is InChI=1S/C17H24FNO/c1-12-4-5-13(10-15(12)18)16(19-2)14-6-9-20-17(11-14)7-3-8-17/h4-5,10,14,16,19H,3,6-9,11H2,1-2H3. The molecule has 3 rings (SSSR count). The molecule has 1 aliphatic carbocycles. The molecule has 2 atom stereocenters. The van der Waals surface area contributed by atoms with Crippen molar-refractivity contribution in [2.24, 2.45) is 5.92 Å². The molecule has 2 nitrogen and oxygen atoms in total. The molecular weight excluding hydrogens is 253 g/mol. The second-order valence-electron chi connectivity index (χ2n) is 6.41. The summed E-state index contributed by atoms with van der Waals surface area (Å²) in [5.41, 5.74) is 1.92. The molecule has 0 radical (unpaired) electrons. The van der Waals surface area contributed by atoms with Crippen LogP contribution in [0.4, 0.5) is 4.39 Å². The minimum absolute atomic E-state index is 0.104. The molecular formula is C17H24FNO. The van der Waals surface area contributed by atoms with Crippen LogP contribution in [-0.2, 0) is 4.74 Å². The molecule has 1 heterocycles. The molecule has 2 unspecified atom stereocenters. The molecule has 1 N–H and O–H groups in total. The number of ether oxygens (including phenoxy) is 1. The largest absolute Gasteiger partial charge is 0.375 e. The van der Waals surface area contributed by atoms with Crippen molar-refractivity contribution in [3.63, 3.8) is 0 Å². The molecule has 1 aromatic carbocycles. The fraction of sp³-hybridized carbons (Fsp3) is 0.647. The summed E-state index contributed by atoms with van der Waals surface area (Å²) < 4.78 is 19.8. The molecule has 2 fully saturated rings. The zero-order valence-electron chi connectivity index (χ0n) is 12.4. The third-order valence-corrected chi connectivity index (χ3v) is 5.13. The van der Waals surface area contributed by atoms with Gasteiger partial charge in [0.05, 0.1) is 5.60 Å². The summed E-state index contributed by atoms with van der Waals surface area (Å²) in [5.74, 6) is 0.435. The average Bonchev–Trinajstić information content (AvgIpc) is 2.42. The molecule has 2 aliphatic rings. The van der Waals surface area contributed by atoms with Crippen molar-refractivity contribution in [3.8, 4) is 0 Å². The molecule has 1 saturated carbocycles. The van der Waals surface area contributed by atoms with Crippen molar-refractivity contribution in [2.75, 3.05) is 13.7 Å². The molecule has 0 aromatic heterocycles. The van der Waals surface area contributed by atoms with Crippen LogP contribution >= 0.6 is 0 Å². The topological polar surface area (TPSA) is 21.3 Å². The monoisotopic (exact) mass is 277 g/mol. The van der Waals surface area contributed by atoms with E-state index in [9.17, 15) is 4.39 Å². The second kappa shape index (κ2) is 5.45. The van der Waals surface area contributed by atoms with Crippen LogP contribution in [0.1, 0.15) is 49.3 Å². The van der Waals surface area contributed by atoms with E-state index in [2.05, 4.69) is 11.4 Å². The molecule has 0 amide bonds. The van der Waals surface area contributed by atoms with Crippen molar-refractivity contribution in [1.29, 1.82) is 0 Å².